The van der Waals surface area contributed by atoms with Crippen molar-refractivity contribution < 1.29 is 13.2 Å². The highest BCUT2D eigenvalue weighted by molar-refractivity contribution is 7.92. The Balaban J connectivity index is 3.30. The number of anilines is 1. The van der Waals surface area contributed by atoms with Gasteiger partial charge in [0.05, 0.1) is 22.0 Å². The summed E-state index contributed by atoms with van der Waals surface area (Å²) in [6.07, 6.45) is 1.40. The Morgan fingerprint density at radius 3 is 2.04 bits per heavy atom. The highest BCUT2D eigenvalue weighted by Crippen LogP contribution is 2.30. The maximum Gasteiger partial charge on any atom is 0.244 e. The number of nitrogens with zero attached hydrogens (tertiary/aromatic N) is 1. The van der Waals surface area contributed by atoms with Crippen LogP contribution in [0.3, 0.4) is 0 Å². The van der Waals surface area contributed by atoms with Gasteiger partial charge in [-0.1, -0.05) is 57.8 Å². The average molecular weight is 423 g/mol. The number of hydrogen-bond donors (Lipinski definition) is 1. The Morgan fingerprint density at radius 2 is 1.65 bits per heavy atom. The first-order valence-corrected chi connectivity index (χ1v) is 11.2. The molecular formula is C18H28Cl2N2O3S. The molecule has 0 bridgehead atoms. The number of carbonyl (C=O) groups is 1. The summed E-state index contributed by atoms with van der Waals surface area (Å²) in [6, 6.07) is 3.61. The molecule has 0 saturated heterocycles. The van der Waals surface area contributed by atoms with E-state index in [0.29, 0.717) is 17.1 Å². The van der Waals surface area contributed by atoms with Crippen molar-refractivity contribution in [3.05, 3.63) is 28.2 Å². The number of carbonyl (C=O) groups excluding carboxylic acids is 1. The lowest BCUT2D eigenvalue weighted by Crippen LogP contribution is -2.53. The number of rotatable bonds is 8. The van der Waals surface area contributed by atoms with Gasteiger partial charge < -0.3 is 5.32 Å². The highest BCUT2D eigenvalue weighted by Gasteiger charge is 2.33. The predicted octanol–water partition coefficient (Wildman–Crippen LogP) is 4.33. The molecule has 1 N–H and O–H groups in total. The molecule has 1 rings (SSSR count). The van der Waals surface area contributed by atoms with Gasteiger partial charge in [-0.05, 0) is 36.5 Å². The number of hydrogen-bond acceptors (Lipinski definition) is 3. The molecule has 0 aliphatic carbocycles. The van der Waals surface area contributed by atoms with Crippen LogP contribution in [0, 0.1) is 11.8 Å². The van der Waals surface area contributed by atoms with Gasteiger partial charge in [0, 0.05) is 6.04 Å². The van der Waals surface area contributed by atoms with E-state index in [0.717, 1.165) is 10.6 Å². The maximum atomic E-state index is 12.9. The zero-order valence-electron chi connectivity index (χ0n) is 16.1. The van der Waals surface area contributed by atoms with E-state index in [1.54, 1.807) is 13.0 Å². The Morgan fingerprint density at radius 1 is 1.12 bits per heavy atom. The van der Waals surface area contributed by atoms with E-state index in [2.05, 4.69) is 5.32 Å². The molecule has 1 aromatic rings. The molecule has 0 aromatic heterocycles. The zero-order valence-corrected chi connectivity index (χ0v) is 18.4. The van der Waals surface area contributed by atoms with E-state index in [4.69, 9.17) is 23.2 Å². The van der Waals surface area contributed by atoms with Crippen LogP contribution in [0.2, 0.25) is 10.0 Å². The molecule has 1 aromatic carbocycles. The second kappa shape index (κ2) is 9.29. The number of nitrogens with one attached hydrogen (secondary N) is 1. The van der Waals surface area contributed by atoms with E-state index in [9.17, 15) is 13.2 Å². The fraction of sp³-hybridized carbons (Fsp3) is 0.611. The fourth-order valence-corrected chi connectivity index (χ4v) is 4.54. The van der Waals surface area contributed by atoms with Crippen LogP contribution in [0.5, 0.6) is 0 Å². The van der Waals surface area contributed by atoms with Gasteiger partial charge in [-0.15, -0.1) is 0 Å². The minimum Gasteiger partial charge on any atom is -0.351 e. The summed E-state index contributed by atoms with van der Waals surface area (Å²) >= 11 is 12.0. The summed E-state index contributed by atoms with van der Waals surface area (Å²) in [5, 5.41) is 3.56. The van der Waals surface area contributed by atoms with Gasteiger partial charge in [0.15, 0.2) is 0 Å². The molecular weight excluding hydrogens is 395 g/mol. The van der Waals surface area contributed by atoms with Crippen molar-refractivity contribution in [2.24, 2.45) is 11.8 Å². The first-order valence-electron chi connectivity index (χ1n) is 8.64. The molecule has 0 fully saturated rings. The zero-order chi connectivity index (χ0) is 20.2. The minimum atomic E-state index is -3.71. The lowest BCUT2D eigenvalue weighted by Gasteiger charge is -2.33. The van der Waals surface area contributed by atoms with Crippen LogP contribution in [0.1, 0.15) is 41.0 Å². The second-order valence-electron chi connectivity index (χ2n) is 7.10. The molecule has 0 aliphatic rings. The monoisotopic (exact) mass is 422 g/mol. The van der Waals surface area contributed by atoms with Crippen LogP contribution in [0.4, 0.5) is 5.69 Å². The van der Waals surface area contributed by atoms with Crippen LogP contribution >= 0.6 is 23.2 Å². The third kappa shape index (κ3) is 5.76. The van der Waals surface area contributed by atoms with E-state index in [1.165, 1.54) is 12.1 Å². The number of sulfonamides is 1. The number of amides is 1. The van der Waals surface area contributed by atoms with Crippen molar-refractivity contribution >= 4 is 44.8 Å². The van der Waals surface area contributed by atoms with E-state index < -0.39 is 16.1 Å². The van der Waals surface area contributed by atoms with Crippen LogP contribution < -0.4 is 9.62 Å². The normalized spacial score (nSPS) is 13.3. The third-order valence-corrected chi connectivity index (χ3v) is 6.15. The van der Waals surface area contributed by atoms with Crippen molar-refractivity contribution in [1.82, 2.24) is 5.32 Å². The SMILES string of the molecule is CCC(C(=O)NC(C(C)C)C(C)C)N(c1ccc(Cl)c(Cl)c1)S(C)(=O)=O. The molecule has 0 spiro atoms. The van der Waals surface area contributed by atoms with Gasteiger partial charge in [-0.25, -0.2) is 8.42 Å². The highest BCUT2D eigenvalue weighted by atomic mass is 35.5. The summed E-state index contributed by atoms with van der Waals surface area (Å²) in [4.78, 5) is 12.9. The Bertz CT molecular complexity index is 728. The molecule has 1 unspecified atom stereocenters. The first kappa shape index (κ1) is 23.1. The Kier molecular flexibility index (Phi) is 8.24. The summed E-state index contributed by atoms with van der Waals surface area (Å²) < 4.78 is 26.0. The van der Waals surface area contributed by atoms with Crippen LogP contribution in [0.15, 0.2) is 18.2 Å². The van der Waals surface area contributed by atoms with Gasteiger partial charge in [-0.2, -0.15) is 0 Å². The predicted molar refractivity (Wildman–Crippen MR) is 109 cm³/mol. The molecule has 5 nitrogen and oxygen atoms in total. The lowest BCUT2D eigenvalue weighted by molar-refractivity contribution is -0.123. The summed E-state index contributed by atoms with van der Waals surface area (Å²) in [7, 11) is -3.71. The fourth-order valence-electron chi connectivity index (χ4n) is 3.05. The molecule has 26 heavy (non-hydrogen) atoms. The quantitative estimate of drug-likeness (QED) is 0.677. The van der Waals surface area contributed by atoms with Crippen molar-refractivity contribution in [2.45, 2.75) is 53.1 Å². The second-order valence-corrected chi connectivity index (χ2v) is 9.78. The van der Waals surface area contributed by atoms with E-state index in [-0.39, 0.29) is 28.8 Å². The van der Waals surface area contributed by atoms with Gasteiger partial charge >= 0.3 is 0 Å². The molecule has 8 heteroatoms. The molecule has 0 aliphatic heterocycles. The third-order valence-electron chi connectivity index (χ3n) is 4.23. The van der Waals surface area contributed by atoms with Gasteiger partial charge in [-0.3, -0.25) is 9.10 Å². The smallest absolute Gasteiger partial charge is 0.244 e. The van der Waals surface area contributed by atoms with E-state index in [1.807, 2.05) is 27.7 Å². The van der Waals surface area contributed by atoms with Crippen LogP contribution in [-0.2, 0) is 14.8 Å². The number of benzene rings is 1. The number of halogens is 2. The molecule has 0 radical (unpaired) electrons. The van der Waals surface area contributed by atoms with Gasteiger partial charge in [0.2, 0.25) is 15.9 Å². The summed E-state index contributed by atoms with van der Waals surface area (Å²) in [5.41, 5.74) is 0.314. The van der Waals surface area contributed by atoms with Crippen molar-refractivity contribution in [2.75, 3.05) is 10.6 Å². The average Bonchev–Trinajstić information content (AvgIpc) is 2.50. The molecule has 148 valence electrons. The standard InChI is InChI=1S/C18H28Cl2N2O3S/c1-7-16(18(23)21-17(11(2)3)12(4)5)22(26(6,24)25)13-8-9-14(19)15(20)10-13/h8-12,16-17H,7H2,1-6H3,(H,21,23). The lowest BCUT2D eigenvalue weighted by atomic mass is 9.93. The maximum absolute atomic E-state index is 12.9. The molecule has 0 heterocycles. The largest absolute Gasteiger partial charge is 0.351 e. The molecule has 1 amide bonds. The Labute approximate surface area is 167 Å². The molecule has 0 saturated carbocycles. The molecule has 1 atom stereocenters. The van der Waals surface area contributed by atoms with Gasteiger partial charge in [0.1, 0.15) is 6.04 Å². The first-order chi connectivity index (χ1) is 11.9. The topological polar surface area (TPSA) is 66.5 Å². The van der Waals surface area contributed by atoms with Crippen molar-refractivity contribution in [3.8, 4) is 0 Å². The summed E-state index contributed by atoms with van der Waals surface area (Å²) in [5.74, 6) is 0.137. The van der Waals surface area contributed by atoms with Gasteiger partial charge in [0.25, 0.3) is 0 Å². The minimum absolute atomic E-state index is 0.0493. The van der Waals surface area contributed by atoms with Crippen LogP contribution in [-0.4, -0.2) is 32.7 Å². The summed E-state index contributed by atoms with van der Waals surface area (Å²) in [6.45, 7) is 9.89. The van der Waals surface area contributed by atoms with Crippen molar-refractivity contribution in [3.63, 3.8) is 0 Å². The Hall–Kier alpha value is -0.980. The van der Waals surface area contributed by atoms with Crippen molar-refractivity contribution in [1.29, 1.82) is 0 Å². The van der Waals surface area contributed by atoms with E-state index >= 15 is 0 Å². The van der Waals surface area contributed by atoms with Crippen LogP contribution in [0.25, 0.3) is 0 Å².